The summed E-state index contributed by atoms with van der Waals surface area (Å²) in [5.74, 6) is -1.22. The number of piperidine rings is 1. The van der Waals surface area contributed by atoms with E-state index < -0.39 is 11.8 Å². The highest BCUT2D eigenvalue weighted by molar-refractivity contribution is 6.39. The number of carbonyl (C=O) groups is 2. The zero-order chi connectivity index (χ0) is 19.8. The average molecular weight is 380 g/mol. The molecule has 2 aromatic carbocycles. The van der Waals surface area contributed by atoms with Gasteiger partial charge < -0.3 is 15.5 Å². The molecule has 2 aromatic rings. The molecule has 148 valence electrons. The van der Waals surface area contributed by atoms with Crippen LogP contribution in [-0.4, -0.2) is 31.4 Å². The molecular weight excluding hydrogens is 350 g/mol. The van der Waals surface area contributed by atoms with Crippen LogP contribution >= 0.6 is 0 Å². The molecule has 3 rings (SSSR count). The van der Waals surface area contributed by atoms with Crippen molar-refractivity contribution in [3.05, 3.63) is 59.7 Å². The third-order valence-electron chi connectivity index (χ3n) is 5.18. The van der Waals surface area contributed by atoms with Gasteiger partial charge in [-0.15, -0.1) is 0 Å². The molecule has 5 nitrogen and oxygen atoms in total. The van der Waals surface area contributed by atoms with E-state index >= 15 is 0 Å². The number of anilines is 2. The second kappa shape index (κ2) is 9.93. The van der Waals surface area contributed by atoms with Gasteiger partial charge in [0.2, 0.25) is 0 Å². The van der Waals surface area contributed by atoms with Gasteiger partial charge in [0.05, 0.1) is 0 Å². The van der Waals surface area contributed by atoms with Crippen LogP contribution in [0, 0.1) is 6.92 Å². The number of benzene rings is 2. The molecule has 1 fully saturated rings. The van der Waals surface area contributed by atoms with Crippen molar-refractivity contribution in [3.8, 4) is 0 Å². The number of rotatable bonds is 6. The molecule has 0 aromatic heterocycles. The summed E-state index contributed by atoms with van der Waals surface area (Å²) in [5.41, 5.74) is 4.14. The minimum atomic E-state index is -0.625. The van der Waals surface area contributed by atoms with E-state index in [0.717, 1.165) is 31.5 Å². The van der Waals surface area contributed by atoms with Crippen molar-refractivity contribution in [2.24, 2.45) is 0 Å². The third kappa shape index (κ3) is 5.59. The first-order valence-electron chi connectivity index (χ1n) is 10.1. The van der Waals surface area contributed by atoms with Crippen LogP contribution in [0.5, 0.6) is 0 Å². The molecule has 5 heteroatoms. The molecular formula is C23H29N3O2. The number of nitrogens with zero attached hydrogens (tertiary/aromatic N) is 1. The molecule has 2 amide bonds. The quantitative estimate of drug-likeness (QED) is 0.595. The predicted molar refractivity (Wildman–Crippen MR) is 114 cm³/mol. The van der Waals surface area contributed by atoms with Gasteiger partial charge in [-0.1, -0.05) is 30.3 Å². The number of carbonyl (C=O) groups excluding carboxylic acids is 2. The fourth-order valence-corrected chi connectivity index (χ4v) is 3.49. The summed E-state index contributed by atoms with van der Waals surface area (Å²) in [7, 11) is 0. The summed E-state index contributed by atoms with van der Waals surface area (Å²) in [6.45, 7) is 4.67. The maximum atomic E-state index is 12.0. The second-order valence-electron chi connectivity index (χ2n) is 7.34. The van der Waals surface area contributed by atoms with Crippen LogP contribution < -0.4 is 15.5 Å². The van der Waals surface area contributed by atoms with Crippen LogP contribution in [0.4, 0.5) is 11.4 Å². The lowest BCUT2D eigenvalue weighted by Gasteiger charge is -2.28. The number of para-hydroxylation sites is 1. The Labute approximate surface area is 167 Å². The number of hydrogen-bond donors (Lipinski definition) is 2. The molecule has 0 saturated carbocycles. The Balaban J connectivity index is 1.38. The Morgan fingerprint density at radius 3 is 2.36 bits per heavy atom. The minimum absolute atomic E-state index is 0.480. The predicted octanol–water partition coefficient (Wildman–Crippen LogP) is 3.67. The van der Waals surface area contributed by atoms with E-state index in [1.165, 1.54) is 30.5 Å². The molecule has 2 N–H and O–H groups in total. The van der Waals surface area contributed by atoms with Crippen LogP contribution in [0.25, 0.3) is 0 Å². The average Bonchev–Trinajstić information content (AvgIpc) is 2.73. The normalized spacial score (nSPS) is 13.8. The van der Waals surface area contributed by atoms with Gasteiger partial charge in [0.15, 0.2) is 0 Å². The van der Waals surface area contributed by atoms with Crippen LogP contribution in [0.2, 0.25) is 0 Å². The summed E-state index contributed by atoms with van der Waals surface area (Å²) in [6, 6.07) is 16.1. The van der Waals surface area contributed by atoms with Gasteiger partial charge in [0.1, 0.15) is 0 Å². The van der Waals surface area contributed by atoms with Gasteiger partial charge in [0.25, 0.3) is 0 Å². The molecule has 1 saturated heterocycles. The van der Waals surface area contributed by atoms with E-state index in [4.69, 9.17) is 0 Å². The van der Waals surface area contributed by atoms with E-state index in [0.29, 0.717) is 12.2 Å². The van der Waals surface area contributed by atoms with Crippen LogP contribution in [0.1, 0.15) is 36.8 Å². The molecule has 1 aliphatic rings. The lowest BCUT2D eigenvalue weighted by Crippen LogP contribution is -2.36. The molecule has 1 heterocycles. The fourth-order valence-electron chi connectivity index (χ4n) is 3.49. The first-order chi connectivity index (χ1) is 13.6. The first-order valence-corrected chi connectivity index (χ1v) is 10.1. The molecule has 1 aliphatic heterocycles. The van der Waals surface area contributed by atoms with E-state index in [2.05, 4.69) is 39.8 Å². The summed E-state index contributed by atoms with van der Waals surface area (Å²) < 4.78 is 0. The van der Waals surface area contributed by atoms with Crippen molar-refractivity contribution in [3.63, 3.8) is 0 Å². The molecule has 0 unspecified atom stereocenters. The van der Waals surface area contributed by atoms with Crippen molar-refractivity contribution < 1.29 is 9.59 Å². The smallest absolute Gasteiger partial charge is 0.313 e. The summed E-state index contributed by atoms with van der Waals surface area (Å²) in [6.07, 6.45) is 5.56. The molecule has 0 atom stereocenters. The van der Waals surface area contributed by atoms with Gasteiger partial charge in [-0.2, -0.15) is 0 Å². The number of amides is 2. The highest BCUT2D eigenvalue weighted by Crippen LogP contribution is 2.20. The van der Waals surface area contributed by atoms with Gasteiger partial charge in [-0.25, -0.2) is 0 Å². The monoisotopic (exact) mass is 379 g/mol. The minimum Gasteiger partial charge on any atom is -0.372 e. The first kappa shape index (κ1) is 19.9. The van der Waals surface area contributed by atoms with Gasteiger partial charge in [-0.3, -0.25) is 9.59 Å². The van der Waals surface area contributed by atoms with E-state index in [9.17, 15) is 9.59 Å². The Bertz CT molecular complexity index is 796. The molecule has 0 spiro atoms. The van der Waals surface area contributed by atoms with Gasteiger partial charge in [-0.05, 0) is 68.4 Å². The van der Waals surface area contributed by atoms with Crippen molar-refractivity contribution in [1.82, 2.24) is 5.32 Å². The highest BCUT2D eigenvalue weighted by Gasteiger charge is 2.14. The maximum Gasteiger partial charge on any atom is 0.313 e. The summed E-state index contributed by atoms with van der Waals surface area (Å²) in [4.78, 5) is 26.4. The Morgan fingerprint density at radius 2 is 1.64 bits per heavy atom. The van der Waals surface area contributed by atoms with Crippen molar-refractivity contribution in [2.45, 2.75) is 39.0 Å². The SMILES string of the molecule is Cc1ccccc1NC(=O)C(=O)NCCCc1ccc(N2CCCCC2)cc1. The molecule has 0 aliphatic carbocycles. The van der Waals surface area contributed by atoms with E-state index in [-0.39, 0.29) is 0 Å². The number of hydrogen-bond acceptors (Lipinski definition) is 3. The van der Waals surface area contributed by atoms with Crippen LogP contribution in [-0.2, 0) is 16.0 Å². The van der Waals surface area contributed by atoms with E-state index in [1.54, 1.807) is 6.07 Å². The Kier molecular flexibility index (Phi) is 7.06. The van der Waals surface area contributed by atoms with Crippen LogP contribution in [0.3, 0.4) is 0 Å². The van der Waals surface area contributed by atoms with Gasteiger partial charge in [0, 0.05) is 31.0 Å². The number of nitrogens with one attached hydrogen (secondary N) is 2. The van der Waals surface area contributed by atoms with E-state index in [1.807, 2.05) is 25.1 Å². The van der Waals surface area contributed by atoms with Crippen LogP contribution in [0.15, 0.2) is 48.5 Å². The van der Waals surface area contributed by atoms with Crippen molar-refractivity contribution in [2.75, 3.05) is 29.9 Å². The topological polar surface area (TPSA) is 61.4 Å². The van der Waals surface area contributed by atoms with Crippen molar-refractivity contribution >= 4 is 23.2 Å². The summed E-state index contributed by atoms with van der Waals surface area (Å²) >= 11 is 0. The maximum absolute atomic E-state index is 12.0. The van der Waals surface area contributed by atoms with Gasteiger partial charge >= 0.3 is 11.8 Å². The number of aryl methyl sites for hydroxylation is 2. The fraction of sp³-hybridized carbons (Fsp3) is 0.391. The Hall–Kier alpha value is -2.82. The summed E-state index contributed by atoms with van der Waals surface area (Å²) in [5, 5.41) is 5.35. The second-order valence-corrected chi connectivity index (χ2v) is 7.34. The molecule has 0 bridgehead atoms. The Morgan fingerprint density at radius 1 is 0.929 bits per heavy atom. The largest absolute Gasteiger partial charge is 0.372 e. The highest BCUT2D eigenvalue weighted by atomic mass is 16.2. The third-order valence-corrected chi connectivity index (χ3v) is 5.18. The zero-order valence-corrected chi connectivity index (χ0v) is 16.5. The standard InChI is InChI=1S/C23H29N3O2/c1-18-8-3-4-10-21(18)25-23(28)22(27)24-15-7-9-19-11-13-20(14-12-19)26-16-5-2-6-17-26/h3-4,8,10-14H,2,5-7,9,15-17H2,1H3,(H,24,27)(H,25,28). The van der Waals surface area contributed by atoms with Crippen molar-refractivity contribution in [1.29, 1.82) is 0 Å². The lowest BCUT2D eigenvalue weighted by molar-refractivity contribution is -0.136. The molecule has 28 heavy (non-hydrogen) atoms. The zero-order valence-electron chi connectivity index (χ0n) is 16.5. The molecule has 0 radical (unpaired) electrons. The lowest BCUT2D eigenvalue weighted by atomic mass is 10.1.